The Hall–Kier alpha value is -1.14. The van der Waals surface area contributed by atoms with E-state index < -0.39 is 5.97 Å². The zero-order valence-corrected chi connectivity index (χ0v) is 15.1. The molecule has 1 aliphatic carbocycles. The van der Waals surface area contributed by atoms with Crippen molar-refractivity contribution in [1.29, 1.82) is 0 Å². The third-order valence-electron chi connectivity index (χ3n) is 5.79. The fraction of sp³-hybridized carbons (Fsp3) is 0.889. The molecule has 2 fully saturated rings. The van der Waals surface area contributed by atoms with Crippen LogP contribution in [0.2, 0.25) is 0 Å². The van der Waals surface area contributed by atoms with Gasteiger partial charge in [-0.05, 0) is 45.6 Å². The lowest BCUT2D eigenvalue weighted by atomic mass is 9.81. The minimum absolute atomic E-state index is 0.0659. The lowest BCUT2D eigenvalue weighted by Gasteiger charge is -2.34. The van der Waals surface area contributed by atoms with Gasteiger partial charge in [0.05, 0.1) is 12.0 Å². The summed E-state index contributed by atoms with van der Waals surface area (Å²) in [5, 5.41) is 8.97. The van der Waals surface area contributed by atoms with Crippen LogP contribution >= 0.6 is 0 Å². The molecule has 1 heterocycles. The van der Waals surface area contributed by atoms with Crippen molar-refractivity contribution in [3.05, 3.63) is 0 Å². The summed E-state index contributed by atoms with van der Waals surface area (Å²) < 4.78 is 5.24. The Labute approximate surface area is 145 Å². The summed E-state index contributed by atoms with van der Waals surface area (Å²) in [5.74, 6) is -0.488. The van der Waals surface area contributed by atoms with Crippen LogP contribution in [0.3, 0.4) is 0 Å². The van der Waals surface area contributed by atoms with E-state index in [-0.39, 0.29) is 18.0 Å². The number of methoxy groups -OCH3 is 1. The van der Waals surface area contributed by atoms with E-state index >= 15 is 0 Å². The zero-order valence-electron chi connectivity index (χ0n) is 15.1. The molecule has 1 unspecified atom stereocenters. The number of hydrogen-bond donors (Lipinski definition) is 1. The van der Waals surface area contributed by atoms with Crippen LogP contribution in [0.1, 0.15) is 51.4 Å². The van der Waals surface area contributed by atoms with Gasteiger partial charge in [0, 0.05) is 32.8 Å². The van der Waals surface area contributed by atoms with Gasteiger partial charge in [-0.3, -0.25) is 14.5 Å². The molecule has 0 bridgehead atoms. The molecular weight excluding hydrogens is 308 g/mol. The first-order valence-corrected chi connectivity index (χ1v) is 9.19. The molecule has 1 saturated carbocycles. The third kappa shape index (κ3) is 4.70. The summed E-state index contributed by atoms with van der Waals surface area (Å²) in [4.78, 5) is 28.1. The molecule has 0 aromatic carbocycles. The smallest absolute Gasteiger partial charge is 0.317 e. The molecule has 138 valence electrons. The number of nitrogens with zero attached hydrogens (tertiary/aromatic N) is 2. The molecule has 24 heavy (non-hydrogen) atoms. The number of likely N-dealkylation sites (N-methyl/N-ethyl adjacent to an activating group) is 1. The van der Waals surface area contributed by atoms with Crippen LogP contribution in [0, 0.1) is 5.41 Å². The first-order chi connectivity index (χ1) is 11.5. The second-order valence-electron chi connectivity index (χ2n) is 7.42. The highest BCUT2D eigenvalue weighted by Gasteiger charge is 2.43. The summed E-state index contributed by atoms with van der Waals surface area (Å²) in [7, 11) is 3.56. The van der Waals surface area contributed by atoms with Crippen LogP contribution in [-0.2, 0) is 14.3 Å². The number of likely N-dealkylation sites (tertiary alicyclic amines) is 1. The van der Waals surface area contributed by atoms with Crippen molar-refractivity contribution in [2.75, 3.05) is 40.4 Å². The maximum absolute atomic E-state index is 13.2. The second kappa shape index (κ2) is 8.81. The normalized spacial score (nSPS) is 24.1. The van der Waals surface area contributed by atoms with Crippen LogP contribution in [0.15, 0.2) is 0 Å². The average molecular weight is 340 g/mol. The van der Waals surface area contributed by atoms with E-state index in [0.717, 1.165) is 64.5 Å². The fourth-order valence-corrected chi connectivity index (χ4v) is 4.32. The van der Waals surface area contributed by atoms with Crippen LogP contribution in [-0.4, -0.2) is 73.2 Å². The number of amides is 1. The van der Waals surface area contributed by atoms with E-state index in [1.54, 1.807) is 7.11 Å². The average Bonchev–Trinajstić information content (AvgIpc) is 2.89. The van der Waals surface area contributed by atoms with Crippen molar-refractivity contribution in [3.8, 4) is 0 Å². The minimum atomic E-state index is -0.792. The molecule has 1 aliphatic heterocycles. The zero-order chi connectivity index (χ0) is 17.6. The van der Waals surface area contributed by atoms with Gasteiger partial charge < -0.3 is 14.7 Å². The van der Waals surface area contributed by atoms with E-state index in [4.69, 9.17) is 9.84 Å². The first-order valence-electron chi connectivity index (χ1n) is 9.19. The molecule has 1 amide bonds. The summed E-state index contributed by atoms with van der Waals surface area (Å²) in [6.07, 6.45) is 7.80. The van der Waals surface area contributed by atoms with Crippen molar-refractivity contribution >= 4 is 11.9 Å². The van der Waals surface area contributed by atoms with Gasteiger partial charge in [-0.1, -0.05) is 12.8 Å². The molecule has 0 aromatic rings. The van der Waals surface area contributed by atoms with Gasteiger partial charge in [0.15, 0.2) is 0 Å². The maximum Gasteiger partial charge on any atom is 0.317 e. The van der Waals surface area contributed by atoms with Crippen molar-refractivity contribution in [2.45, 2.75) is 57.4 Å². The molecule has 1 N–H and O–H groups in total. The first kappa shape index (κ1) is 19.2. The number of hydrogen-bond acceptors (Lipinski definition) is 4. The summed E-state index contributed by atoms with van der Waals surface area (Å²) >= 11 is 0. The Bertz CT molecular complexity index is 435. The minimum Gasteiger partial charge on any atom is -0.480 e. The number of carbonyl (C=O) groups excluding carboxylic acids is 1. The molecule has 1 saturated heterocycles. The quantitative estimate of drug-likeness (QED) is 0.767. The van der Waals surface area contributed by atoms with Crippen LogP contribution in [0.25, 0.3) is 0 Å². The molecule has 0 spiro atoms. The van der Waals surface area contributed by atoms with Gasteiger partial charge in [0.2, 0.25) is 5.91 Å². The fourth-order valence-electron chi connectivity index (χ4n) is 4.32. The number of carboxylic acids is 1. The molecule has 0 aromatic heterocycles. The molecule has 6 nitrogen and oxygen atoms in total. The maximum atomic E-state index is 13.2. The number of carbonyl (C=O) groups is 2. The van der Waals surface area contributed by atoms with Crippen molar-refractivity contribution in [2.24, 2.45) is 5.41 Å². The standard InChI is InChI=1S/C18H32N2O4/c1-19(14-16(21)22)15-6-5-11-20(12-7-15)17(23)18(10-13-24-2)8-3-4-9-18/h15H,3-14H2,1-2H3,(H,21,22). The predicted octanol–water partition coefficient (Wildman–Crippen LogP) is 1.98. The summed E-state index contributed by atoms with van der Waals surface area (Å²) in [6, 6.07) is 0.248. The molecule has 6 heteroatoms. The van der Waals surface area contributed by atoms with Crippen molar-refractivity contribution < 1.29 is 19.4 Å². The Balaban J connectivity index is 1.96. The monoisotopic (exact) mass is 340 g/mol. The van der Waals surface area contributed by atoms with Gasteiger partial charge in [-0.15, -0.1) is 0 Å². The highest BCUT2D eigenvalue weighted by Crippen LogP contribution is 2.43. The van der Waals surface area contributed by atoms with E-state index in [0.29, 0.717) is 12.5 Å². The predicted molar refractivity (Wildman–Crippen MR) is 91.9 cm³/mol. The summed E-state index contributed by atoms with van der Waals surface area (Å²) in [6.45, 7) is 2.24. The summed E-state index contributed by atoms with van der Waals surface area (Å²) in [5.41, 5.74) is -0.219. The largest absolute Gasteiger partial charge is 0.480 e. The number of ether oxygens (including phenoxy) is 1. The van der Waals surface area contributed by atoms with E-state index in [1.165, 1.54) is 0 Å². The van der Waals surface area contributed by atoms with Crippen molar-refractivity contribution in [3.63, 3.8) is 0 Å². The van der Waals surface area contributed by atoms with Crippen LogP contribution in [0.5, 0.6) is 0 Å². The topological polar surface area (TPSA) is 70.1 Å². The van der Waals surface area contributed by atoms with E-state index in [1.807, 2.05) is 16.8 Å². The highest BCUT2D eigenvalue weighted by molar-refractivity contribution is 5.83. The Morgan fingerprint density at radius 2 is 1.92 bits per heavy atom. The van der Waals surface area contributed by atoms with Gasteiger partial charge in [0.25, 0.3) is 0 Å². The molecule has 2 aliphatic rings. The van der Waals surface area contributed by atoms with Crippen LogP contribution < -0.4 is 0 Å². The van der Waals surface area contributed by atoms with E-state index in [2.05, 4.69) is 0 Å². The van der Waals surface area contributed by atoms with Crippen molar-refractivity contribution in [1.82, 2.24) is 9.80 Å². The Morgan fingerprint density at radius 3 is 2.54 bits per heavy atom. The molecular formula is C18H32N2O4. The van der Waals surface area contributed by atoms with Gasteiger partial charge in [-0.25, -0.2) is 0 Å². The lowest BCUT2D eigenvalue weighted by Crippen LogP contribution is -2.44. The van der Waals surface area contributed by atoms with Gasteiger partial charge in [-0.2, -0.15) is 0 Å². The van der Waals surface area contributed by atoms with Crippen LogP contribution in [0.4, 0.5) is 0 Å². The van der Waals surface area contributed by atoms with Gasteiger partial charge >= 0.3 is 5.97 Å². The number of aliphatic carboxylic acids is 1. The Morgan fingerprint density at radius 1 is 1.21 bits per heavy atom. The van der Waals surface area contributed by atoms with Gasteiger partial charge in [0.1, 0.15) is 0 Å². The number of rotatable bonds is 7. The molecule has 1 atom stereocenters. The number of carboxylic acid groups (broad SMARTS) is 1. The molecule has 0 radical (unpaired) electrons. The Kier molecular flexibility index (Phi) is 7.04. The van der Waals surface area contributed by atoms with E-state index in [9.17, 15) is 9.59 Å². The highest BCUT2D eigenvalue weighted by atomic mass is 16.5. The second-order valence-corrected chi connectivity index (χ2v) is 7.42. The lowest BCUT2D eigenvalue weighted by molar-refractivity contribution is -0.143. The molecule has 2 rings (SSSR count). The third-order valence-corrected chi connectivity index (χ3v) is 5.79. The SMILES string of the molecule is COCCC1(C(=O)N2CCCC(N(C)CC(=O)O)CC2)CCCC1.